The molecule has 1 aliphatic heterocycles. The van der Waals surface area contributed by atoms with Crippen molar-refractivity contribution in [2.24, 2.45) is 0 Å². The first-order valence-corrected chi connectivity index (χ1v) is 10.1. The van der Waals surface area contributed by atoms with Crippen molar-refractivity contribution in [3.8, 4) is 11.5 Å². The van der Waals surface area contributed by atoms with Crippen LogP contribution < -0.4 is 20.1 Å². The molecule has 2 amide bonds. The molecule has 1 aromatic heterocycles. The lowest BCUT2D eigenvalue weighted by atomic mass is 9.84. The maximum Gasteiger partial charge on any atom is 0.319 e. The van der Waals surface area contributed by atoms with Crippen LogP contribution in [0.5, 0.6) is 11.5 Å². The predicted molar refractivity (Wildman–Crippen MR) is 105 cm³/mol. The van der Waals surface area contributed by atoms with E-state index in [0.29, 0.717) is 23.7 Å². The number of nitrogens with one attached hydrogen (secondary N) is 2. The summed E-state index contributed by atoms with van der Waals surface area (Å²) in [6, 6.07) is 9.23. The lowest BCUT2D eigenvalue weighted by Gasteiger charge is -2.28. The molecule has 1 saturated carbocycles. The van der Waals surface area contributed by atoms with Gasteiger partial charge in [-0.3, -0.25) is 0 Å². The Balaban J connectivity index is 1.41. The van der Waals surface area contributed by atoms with Crippen LogP contribution in [-0.4, -0.2) is 24.5 Å². The van der Waals surface area contributed by atoms with Gasteiger partial charge in [0.15, 0.2) is 11.5 Å². The summed E-state index contributed by atoms with van der Waals surface area (Å²) in [7, 11) is 0. The lowest BCUT2D eigenvalue weighted by Crippen LogP contribution is -2.40. The molecule has 0 saturated heterocycles. The van der Waals surface area contributed by atoms with Crippen molar-refractivity contribution in [2.45, 2.75) is 44.1 Å². The second-order valence-electron chi connectivity index (χ2n) is 7.24. The molecule has 7 heteroatoms. The van der Waals surface area contributed by atoms with E-state index >= 15 is 0 Å². The molecule has 0 unspecified atom stereocenters. The Bertz CT molecular complexity index is 827. The number of hydrogen-bond acceptors (Lipinski definition) is 5. The van der Waals surface area contributed by atoms with E-state index < -0.39 is 6.10 Å². The molecule has 3 N–H and O–H groups in total. The van der Waals surface area contributed by atoms with Crippen LogP contribution in [-0.2, 0) is 5.41 Å². The highest BCUT2D eigenvalue weighted by Gasteiger charge is 2.37. The summed E-state index contributed by atoms with van der Waals surface area (Å²) in [5.74, 6) is 1.33. The Morgan fingerprint density at radius 2 is 2.00 bits per heavy atom. The summed E-state index contributed by atoms with van der Waals surface area (Å²) in [6.07, 6.45) is 3.97. The third-order valence-corrected chi connectivity index (χ3v) is 6.84. The van der Waals surface area contributed by atoms with E-state index in [9.17, 15) is 9.90 Å². The van der Waals surface area contributed by atoms with Gasteiger partial charge in [-0.1, -0.05) is 12.8 Å². The van der Waals surface area contributed by atoms with Gasteiger partial charge in [0.2, 0.25) is 6.79 Å². The Kier molecular flexibility index (Phi) is 4.97. The average Bonchev–Trinajstić information content (AvgIpc) is 3.39. The largest absolute Gasteiger partial charge is 0.454 e. The van der Waals surface area contributed by atoms with E-state index in [1.807, 2.05) is 6.07 Å². The first-order valence-electron chi connectivity index (χ1n) is 9.29. The van der Waals surface area contributed by atoms with Crippen molar-refractivity contribution >= 4 is 23.1 Å². The molecular formula is C20H24N2O4S. The van der Waals surface area contributed by atoms with Crippen LogP contribution >= 0.6 is 11.3 Å². The fraction of sp³-hybridized carbons (Fsp3) is 0.450. The molecule has 144 valence electrons. The van der Waals surface area contributed by atoms with E-state index in [1.165, 1.54) is 4.88 Å². The maximum atomic E-state index is 12.4. The summed E-state index contributed by atoms with van der Waals surface area (Å²) < 4.78 is 10.6. The number of carbonyl (C=O) groups excluding carboxylic acids is 1. The molecule has 2 aromatic rings. The van der Waals surface area contributed by atoms with Crippen molar-refractivity contribution in [2.75, 3.05) is 18.7 Å². The number of carbonyl (C=O) groups is 1. The third kappa shape index (κ3) is 3.75. The van der Waals surface area contributed by atoms with E-state index in [0.717, 1.165) is 30.6 Å². The highest BCUT2D eigenvalue weighted by Crippen LogP contribution is 2.44. The van der Waals surface area contributed by atoms with Gasteiger partial charge < -0.3 is 25.2 Å². The van der Waals surface area contributed by atoms with Gasteiger partial charge in [0, 0.05) is 33.5 Å². The molecule has 1 atom stereocenters. The smallest absolute Gasteiger partial charge is 0.319 e. The van der Waals surface area contributed by atoms with Gasteiger partial charge in [0.1, 0.15) is 0 Å². The Morgan fingerprint density at radius 1 is 1.22 bits per heavy atom. The number of rotatable bonds is 5. The van der Waals surface area contributed by atoms with Gasteiger partial charge >= 0.3 is 6.03 Å². The summed E-state index contributed by atoms with van der Waals surface area (Å²) in [5, 5.41) is 15.7. The highest BCUT2D eigenvalue weighted by molar-refractivity contribution is 7.12. The molecule has 1 aromatic carbocycles. The number of aliphatic hydroxyl groups is 1. The molecule has 27 heavy (non-hydrogen) atoms. The zero-order valence-corrected chi connectivity index (χ0v) is 16.1. The van der Waals surface area contributed by atoms with E-state index in [1.54, 1.807) is 36.5 Å². The highest BCUT2D eigenvalue weighted by atomic mass is 32.1. The first kappa shape index (κ1) is 18.1. The van der Waals surface area contributed by atoms with Crippen LogP contribution in [0.1, 0.15) is 48.5 Å². The van der Waals surface area contributed by atoms with E-state index in [-0.39, 0.29) is 18.2 Å². The second-order valence-corrected chi connectivity index (χ2v) is 8.36. The monoisotopic (exact) mass is 388 g/mol. The molecule has 2 aliphatic rings. The number of urea groups is 1. The molecule has 0 radical (unpaired) electrons. The lowest BCUT2D eigenvalue weighted by molar-refractivity contribution is 0.174. The minimum atomic E-state index is -0.454. The van der Waals surface area contributed by atoms with Gasteiger partial charge in [-0.15, -0.1) is 11.3 Å². The van der Waals surface area contributed by atoms with Gasteiger partial charge in [-0.2, -0.15) is 0 Å². The summed E-state index contributed by atoms with van der Waals surface area (Å²) in [5.41, 5.74) is 0.633. The normalized spacial score (nSPS) is 18.3. The topological polar surface area (TPSA) is 79.8 Å². The Hall–Kier alpha value is -2.25. The quantitative estimate of drug-likeness (QED) is 0.718. The molecule has 0 spiro atoms. The molecule has 0 bridgehead atoms. The van der Waals surface area contributed by atoms with Crippen LogP contribution in [0.25, 0.3) is 0 Å². The van der Waals surface area contributed by atoms with Gasteiger partial charge in [0.05, 0.1) is 6.10 Å². The van der Waals surface area contributed by atoms with Gasteiger partial charge in [-0.05, 0) is 44.0 Å². The zero-order chi connectivity index (χ0) is 18.9. The molecule has 4 rings (SSSR count). The number of thiophene rings is 1. The number of ether oxygens (including phenoxy) is 2. The zero-order valence-electron chi connectivity index (χ0n) is 15.3. The predicted octanol–water partition coefficient (Wildman–Crippen LogP) is 4.16. The number of benzene rings is 1. The SMILES string of the molecule is C[C@H](O)c1ccc(C2(CNC(=O)Nc3ccc4c(c3)OCO4)CCCC2)s1. The van der Waals surface area contributed by atoms with Gasteiger partial charge in [0.25, 0.3) is 0 Å². The van der Waals surface area contributed by atoms with Crippen molar-refractivity contribution in [1.29, 1.82) is 0 Å². The minimum Gasteiger partial charge on any atom is -0.454 e. The fourth-order valence-corrected chi connectivity index (χ4v) is 5.01. The number of hydrogen-bond donors (Lipinski definition) is 3. The molecule has 6 nitrogen and oxygen atoms in total. The summed E-state index contributed by atoms with van der Waals surface area (Å²) in [6.45, 7) is 2.58. The van der Waals surface area contributed by atoms with Crippen LogP contribution in [0.4, 0.5) is 10.5 Å². The number of anilines is 1. The van der Waals surface area contributed by atoms with Crippen molar-refractivity contribution in [3.63, 3.8) is 0 Å². The minimum absolute atomic E-state index is 0.0377. The molecule has 2 heterocycles. The maximum absolute atomic E-state index is 12.4. The average molecular weight is 388 g/mol. The van der Waals surface area contributed by atoms with Crippen LogP contribution in [0, 0.1) is 0 Å². The van der Waals surface area contributed by atoms with Crippen LogP contribution in [0.3, 0.4) is 0 Å². The van der Waals surface area contributed by atoms with E-state index in [4.69, 9.17) is 9.47 Å². The van der Waals surface area contributed by atoms with Crippen molar-refractivity contribution in [1.82, 2.24) is 5.32 Å². The summed E-state index contributed by atoms with van der Waals surface area (Å²) >= 11 is 1.65. The molecule has 1 aliphatic carbocycles. The van der Waals surface area contributed by atoms with Crippen molar-refractivity contribution in [3.05, 3.63) is 40.1 Å². The van der Waals surface area contributed by atoms with Crippen LogP contribution in [0.2, 0.25) is 0 Å². The standard InChI is InChI=1S/C20H24N2O4S/c1-13(23)17-6-7-18(27-17)20(8-2-3-9-20)11-21-19(24)22-14-4-5-15-16(10-14)26-12-25-15/h4-7,10,13,23H,2-3,8-9,11-12H2,1H3,(H2,21,22,24)/t13-/m0/s1. The fourth-order valence-electron chi connectivity index (χ4n) is 3.82. The number of aliphatic hydroxyl groups excluding tert-OH is 1. The number of fused-ring (bicyclic) bond motifs is 1. The van der Waals surface area contributed by atoms with Gasteiger partial charge in [-0.25, -0.2) is 4.79 Å². The summed E-state index contributed by atoms with van der Waals surface area (Å²) in [4.78, 5) is 14.6. The molecular weight excluding hydrogens is 364 g/mol. The second kappa shape index (κ2) is 7.40. The van der Waals surface area contributed by atoms with Crippen molar-refractivity contribution < 1.29 is 19.4 Å². The first-order chi connectivity index (χ1) is 13.1. The Morgan fingerprint density at radius 3 is 2.74 bits per heavy atom. The van der Waals surface area contributed by atoms with E-state index in [2.05, 4.69) is 16.7 Å². The van der Waals surface area contributed by atoms with Crippen LogP contribution in [0.15, 0.2) is 30.3 Å². The Labute approximate surface area is 162 Å². The third-order valence-electron chi connectivity index (χ3n) is 5.34. The molecule has 1 fully saturated rings. The number of amides is 2.